The number of benzene rings is 3. The average Bonchev–Trinajstić information content (AvgIpc) is 2.79. The van der Waals surface area contributed by atoms with E-state index in [9.17, 15) is 9.59 Å². The molecule has 0 aliphatic rings. The fraction of sp³-hybridized carbons (Fsp3) is 0.154. The number of para-hydroxylation sites is 1. The Morgan fingerprint density at radius 2 is 1.55 bits per heavy atom. The van der Waals surface area contributed by atoms with Gasteiger partial charge in [0.15, 0.2) is 0 Å². The molecular formula is C26H26N2O3. The summed E-state index contributed by atoms with van der Waals surface area (Å²) in [5, 5.41) is 5.45. The number of rotatable bonds is 8. The smallest absolute Gasteiger partial charge is 0.244 e. The van der Waals surface area contributed by atoms with Crippen molar-refractivity contribution < 1.29 is 14.3 Å². The van der Waals surface area contributed by atoms with Crippen LogP contribution in [-0.4, -0.2) is 18.4 Å². The number of hydrogen-bond acceptors (Lipinski definition) is 3. The minimum Gasteiger partial charge on any atom is -0.489 e. The quantitative estimate of drug-likeness (QED) is 0.527. The Kier molecular flexibility index (Phi) is 7.60. The van der Waals surface area contributed by atoms with Gasteiger partial charge in [-0.1, -0.05) is 60.7 Å². The van der Waals surface area contributed by atoms with Crippen LogP contribution in [0.3, 0.4) is 0 Å². The number of aryl methyl sites for hydroxylation is 2. The molecule has 2 amide bonds. The monoisotopic (exact) mass is 414 g/mol. The largest absolute Gasteiger partial charge is 0.489 e. The summed E-state index contributed by atoms with van der Waals surface area (Å²) >= 11 is 0. The predicted octanol–water partition coefficient (Wildman–Crippen LogP) is 4.65. The minimum atomic E-state index is -0.332. The van der Waals surface area contributed by atoms with Gasteiger partial charge >= 0.3 is 0 Å². The Morgan fingerprint density at radius 1 is 0.871 bits per heavy atom. The van der Waals surface area contributed by atoms with Gasteiger partial charge in [-0.25, -0.2) is 0 Å². The maximum Gasteiger partial charge on any atom is 0.244 e. The van der Waals surface area contributed by atoms with Crippen LogP contribution in [0.2, 0.25) is 0 Å². The van der Waals surface area contributed by atoms with Crippen LogP contribution in [-0.2, 0) is 16.2 Å². The second-order valence-corrected chi connectivity index (χ2v) is 7.21. The van der Waals surface area contributed by atoms with Crippen molar-refractivity contribution in [2.75, 3.05) is 11.9 Å². The van der Waals surface area contributed by atoms with Gasteiger partial charge in [0.2, 0.25) is 11.8 Å². The number of ether oxygens (including phenoxy) is 1. The summed E-state index contributed by atoms with van der Waals surface area (Å²) in [7, 11) is 0. The van der Waals surface area contributed by atoms with Gasteiger partial charge in [-0.05, 0) is 54.3 Å². The molecular weight excluding hydrogens is 388 g/mol. The third-order valence-electron chi connectivity index (χ3n) is 4.72. The second-order valence-electron chi connectivity index (χ2n) is 7.21. The summed E-state index contributed by atoms with van der Waals surface area (Å²) in [5.41, 5.74) is 4.71. The molecule has 3 aromatic rings. The molecule has 31 heavy (non-hydrogen) atoms. The lowest BCUT2D eigenvalue weighted by atomic mass is 10.1. The molecule has 0 radical (unpaired) electrons. The number of carbonyl (C=O) groups is 2. The maximum atomic E-state index is 12.1. The lowest BCUT2D eigenvalue weighted by Crippen LogP contribution is -2.32. The summed E-state index contributed by atoms with van der Waals surface area (Å²) in [6.45, 7) is 4.27. The molecule has 0 aliphatic carbocycles. The van der Waals surface area contributed by atoms with Crippen molar-refractivity contribution in [3.05, 3.63) is 101 Å². The highest BCUT2D eigenvalue weighted by molar-refractivity contribution is 5.98. The van der Waals surface area contributed by atoms with E-state index in [4.69, 9.17) is 4.74 Å². The van der Waals surface area contributed by atoms with Crippen molar-refractivity contribution in [3.8, 4) is 5.75 Å². The highest BCUT2D eigenvalue weighted by Gasteiger charge is 2.08. The molecule has 2 N–H and O–H groups in total. The fourth-order valence-corrected chi connectivity index (χ4v) is 3.01. The van der Waals surface area contributed by atoms with Crippen LogP contribution in [0.5, 0.6) is 5.75 Å². The highest BCUT2D eigenvalue weighted by Crippen LogP contribution is 2.19. The van der Waals surface area contributed by atoms with Crippen molar-refractivity contribution in [2.45, 2.75) is 20.5 Å². The zero-order valence-corrected chi connectivity index (χ0v) is 17.7. The van der Waals surface area contributed by atoms with Gasteiger partial charge in [0.05, 0.1) is 6.54 Å². The van der Waals surface area contributed by atoms with E-state index in [1.54, 1.807) is 6.08 Å². The molecule has 0 aliphatic heterocycles. The van der Waals surface area contributed by atoms with Gasteiger partial charge in [0.1, 0.15) is 12.4 Å². The van der Waals surface area contributed by atoms with Gasteiger partial charge in [0.25, 0.3) is 0 Å². The van der Waals surface area contributed by atoms with Gasteiger partial charge < -0.3 is 15.4 Å². The summed E-state index contributed by atoms with van der Waals surface area (Å²) in [6, 6.07) is 23.2. The standard InChI is InChI=1S/C26H26N2O3/c1-19-7-6-8-20(2)26(19)28-25(30)17-27-24(29)16-13-21-11-14-23(15-12-21)31-18-22-9-4-3-5-10-22/h3-16H,17-18H2,1-2H3,(H,27,29)(H,28,30)/b16-13+. The van der Waals surface area contributed by atoms with Crippen LogP contribution in [0.25, 0.3) is 6.08 Å². The fourth-order valence-electron chi connectivity index (χ4n) is 3.01. The summed E-state index contributed by atoms with van der Waals surface area (Å²) in [4.78, 5) is 24.2. The summed E-state index contributed by atoms with van der Waals surface area (Å²) < 4.78 is 5.76. The number of hydrogen-bond donors (Lipinski definition) is 2. The van der Waals surface area contributed by atoms with E-state index in [1.165, 1.54) is 6.08 Å². The predicted molar refractivity (Wildman–Crippen MR) is 124 cm³/mol. The van der Waals surface area contributed by atoms with Gasteiger partial charge in [0, 0.05) is 11.8 Å². The van der Waals surface area contributed by atoms with Crippen molar-refractivity contribution in [1.82, 2.24) is 5.32 Å². The number of carbonyl (C=O) groups excluding carboxylic acids is 2. The number of anilines is 1. The molecule has 5 nitrogen and oxygen atoms in total. The van der Waals surface area contributed by atoms with Crippen LogP contribution in [0.15, 0.2) is 78.9 Å². The summed E-state index contributed by atoms with van der Waals surface area (Å²) in [6.07, 6.45) is 3.10. The molecule has 0 spiro atoms. The highest BCUT2D eigenvalue weighted by atomic mass is 16.5. The molecule has 0 saturated heterocycles. The van der Waals surface area contributed by atoms with Gasteiger partial charge in [-0.15, -0.1) is 0 Å². The lowest BCUT2D eigenvalue weighted by molar-refractivity contribution is -0.121. The molecule has 3 aromatic carbocycles. The first-order valence-electron chi connectivity index (χ1n) is 10.1. The minimum absolute atomic E-state index is 0.0940. The Balaban J connectivity index is 1.44. The van der Waals surface area contributed by atoms with Gasteiger partial charge in [-0.2, -0.15) is 0 Å². The van der Waals surface area contributed by atoms with Crippen LogP contribution in [0, 0.1) is 13.8 Å². The lowest BCUT2D eigenvalue weighted by Gasteiger charge is -2.11. The van der Waals surface area contributed by atoms with Crippen LogP contribution in [0.1, 0.15) is 22.3 Å². The Bertz CT molecular complexity index is 1040. The molecule has 0 unspecified atom stereocenters. The molecule has 0 fully saturated rings. The van der Waals surface area contributed by atoms with E-state index < -0.39 is 0 Å². The number of amides is 2. The van der Waals surface area contributed by atoms with Crippen molar-refractivity contribution >= 4 is 23.6 Å². The van der Waals surface area contributed by atoms with Gasteiger partial charge in [-0.3, -0.25) is 9.59 Å². The Hall–Kier alpha value is -3.86. The zero-order valence-electron chi connectivity index (χ0n) is 17.7. The molecule has 3 rings (SSSR count). The van der Waals surface area contributed by atoms with Crippen LogP contribution < -0.4 is 15.4 Å². The Labute approximate surface area is 182 Å². The van der Waals surface area contributed by atoms with Crippen molar-refractivity contribution in [3.63, 3.8) is 0 Å². The zero-order chi connectivity index (χ0) is 22.1. The first-order chi connectivity index (χ1) is 15.0. The SMILES string of the molecule is Cc1cccc(C)c1NC(=O)CNC(=O)/C=C/c1ccc(OCc2ccccc2)cc1. The molecule has 0 atom stereocenters. The molecule has 0 bridgehead atoms. The van der Waals surface area contributed by atoms with E-state index in [2.05, 4.69) is 10.6 Å². The normalized spacial score (nSPS) is 10.6. The van der Waals surface area contributed by atoms with E-state index in [0.717, 1.165) is 33.7 Å². The van der Waals surface area contributed by atoms with E-state index in [-0.39, 0.29) is 18.4 Å². The summed E-state index contributed by atoms with van der Waals surface area (Å²) in [5.74, 6) is 0.161. The molecule has 0 aromatic heterocycles. The topological polar surface area (TPSA) is 67.4 Å². The Morgan fingerprint density at radius 3 is 2.23 bits per heavy atom. The third kappa shape index (κ3) is 6.85. The molecule has 5 heteroatoms. The van der Waals surface area contributed by atoms with E-state index in [0.29, 0.717) is 6.61 Å². The number of nitrogens with one attached hydrogen (secondary N) is 2. The maximum absolute atomic E-state index is 12.1. The average molecular weight is 415 g/mol. The first kappa shape index (κ1) is 21.8. The molecule has 158 valence electrons. The first-order valence-corrected chi connectivity index (χ1v) is 10.1. The third-order valence-corrected chi connectivity index (χ3v) is 4.72. The van der Waals surface area contributed by atoms with E-state index >= 15 is 0 Å². The van der Waals surface area contributed by atoms with E-state index in [1.807, 2.05) is 86.6 Å². The van der Waals surface area contributed by atoms with Crippen LogP contribution >= 0.6 is 0 Å². The van der Waals surface area contributed by atoms with Crippen molar-refractivity contribution in [2.24, 2.45) is 0 Å². The van der Waals surface area contributed by atoms with Crippen LogP contribution in [0.4, 0.5) is 5.69 Å². The molecule has 0 heterocycles. The molecule has 0 saturated carbocycles. The van der Waals surface area contributed by atoms with Crippen molar-refractivity contribution in [1.29, 1.82) is 0 Å². The second kappa shape index (κ2) is 10.8.